The largest absolute Gasteiger partial charge is 0.507 e. The third kappa shape index (κ3) is 1.36. The van der Waals surface area contributed by atoms with E-state index in [-0.39, 0.29) is 10.5 Å². The number of thiophene rings is 1. The fourth-order valence-corrected chi connectivity index (χ4v) is 2.64. The molecule has 14 heavy (non-hydrogen) atoms. The fraction of sp³-hybridized carbons (Fsp3) is 0.111. The predicted octanol–water partition coefficient (Wildman–Crippen LogP) is 3.83. The van der Waals surface area contributed by atoms with Gasteiger partial charge in [0.05, 0.1) is 5.56 Å². The summed E-state index contributed by atoms with van der Waals surface area (Å²) >= 11 is 5.34. The summed E-state index contributed by atoms with van der Waals surface area (Å²) in [5, 5.41) is 11.9. The zero-order valence-electron chi connectivity index (χ0n) is 6.87. The number of hydrogen-bond donors (Lipinski definition) is 2. The van der Waals surface area contributed by atoms with Crippen LogP contribution in [0.1, 0.15) is 12.0 Å². The minimum atomic E-state index is -2.70. The Kier molecular flexibility index (Phi) is 2.36. The second kappa shape index (κ2) is 3.40. The number of rotatable bonds is 1. The molecular formula is C9H6F2OS2. The summed E-state index contributed by atoms with van der Waals surface area (Å²) < 4.78 is 25.7. The lowest BCUT2D eigenvalue weighted by Crippen LogP contribution is -1.87. The Labute approximate surface area is 88.4 Å². The number of halogens is 2. The van der Waals surface area contributed by atoms with Crippen LogP contribution in [0.2, 0.25) is 0 Å². The Morgan fingerprint density at radius 3 is 2.79 bits per heavy atom. The van der Waals surface area contributed by atoms with Crippen molar-refractivity contribution in [3.8, 4) is 5.75 Å². The highest BCUT2D eigenvalue weighted by molar-refractivity contribution is 7.80. The van der Waals surface area contributed by atoms with Crippen molar-refractivity contribution < 1.29 is 13.9 Å². The molecule has 0 saturated carbocycles. The van der Waals surface area contributed by atoms with Crippen LogP contribution in [-0.2, 0) is 0 Å². The van der Waals surface area contributed by atoms with Gasteiger partial charge in [0, 0.05) is 9.60 Å². The Balaban J connectivity index is 2.82. The molecule has 0 fully saturated rings. The maximum absolute atomic E-state index is 12.5. The Morgan fingerprint density at radius 1 is 1.43 bits per heavy atom. The fourth-order valence-electron chi connectivity index (χ4n) is 1.31. The van der Waals surface area contributed by atoms with Crippen LogP contribution in [0.4, 0.5) is 8.78 Å². The second-order valence-electron chi connectivity index (χ2n) is 2.80. The number of thiol groups is 1. The summed E-state index contributed by atoms with van der Waals surface area (Å²) in [4.78, 5) is 0.171. The minimum absolute atomic E-state index is 0.171. The first-order chi connectivity index (χ1) is 6.61. The van der Waals surface area contributed by atoms with Gasteiger partial charge in [-0.15, -0.1) is 24.0 Å². The van der Waals surface area contributed by atoms with Crippen molar-refractivity contribution in [2.24, 2.45) is 0 Å². The molecule has 1 N–H and O–H groups in total. The highest BCUT2D eigenvalue weighted by atomic mass is 32.1. The van der Waals surface area contributed by atoms with Gasteiger partial charge in [-0.1, -0.05) is 0 Å². The van der Waals surface area contributed by atoms with Crippen LogP contribution < -0.4 is 0 Å². The SMILES string of the molecule is Oc1cc2ccsc2c(S)c1C(F)F. The molecule has 74 valence electrons. The lowest BCUT2D eigenvalue weighted by atomic mass is 10.1. The van der Waals surface area contributed by atoms with E-state index in [4.69, 9.17) is 0 Å². The van der Waals surface area contributed by atoms with Crippen molar-refractivity contribution in [1.82, 2.24) is 0 Å². The van der Waals surface area contributed by atoms with Crippen LogP contribution >= 0.6 is 24.0 Å². The van der Waals surface area contributed by atoms with Gasteiger partial charge in [0.2, 0.25) is 0 Å². The number of phenolic OH excluding ortho intramolecular Hbond substituents is 1. The van der Waals surface area contributed by atoms with Gasteiger partial charge in [-0.2, -0.15) is 0 Å². The molecule has 0 aliphatic heterocycles. The molecule has 2 rings (SSSR count). The van der Waals surface area contributed by atoms with E-state index in [0.717, 1.165) is 5.39 Å². The third-order valence-electron chi connectivity index (χ3n) is 1.95. The summed E-state index contributed by atoms with van der Waals surface area (Å²) in [7, 11) is 0. The van der Waals surface area contributed by atoms with Crippen LogP contribution in [0.3, 0.4) is 0 Å². The molecule has 0 radical (unpaired) electrons. The van der Waals surface area contributed by atoms with Crippen molar-refractivity contribution in [1.29, 1.82) is 0 Å². The van der Waals surface area contributed by atoms with Gasteiger partial charge in [0.15, 0.2) is 0 Å². The van der Waals surface area contributed by atoms with Gasteiger partial charge in [-0.3, -0.25) is 0 Å². The van der Waals surface area contributed by atoms with Crippen LogP contribution in [0.5, 0.6) is 5.75 Å². The lowest BCUT2D eigenvalue weighted by Gasteiger charge is -2.07. The van der Waals surface area contributed by atoms with E-state index in [1.807, 2.05) is 0 Å². The highest BCUT2D eigenvalue weighted by Gasteiger charge is 2.19. The van der Waals surface area contributed by atoms with Gasteiger partial charge in [0.25, 0.3) is 6.43 Å². The average molecular weight is 232 g/mol. The van der Waals surface area contributed by atoms with Gasteiger partial charge in [-0.25, -0.2) is 8.78 Å². The van der Waals surface area contributed by atoms with Crippen molar-refractivity contribution in [3.05, 3.63) is 23.1 Å². The molecule has 0 spiro atoms. The van der Waals surface area contributed by atoms with E-state index in [0.29, 0.717) is 4.70 Å². The molecule has 2 aromatic rings. The van der Waals surface area contributed by atoms with Crippen LogP contribution in [0.15, 0.2) is 22.4 Å². The van der Waals surface area contributed by atoms with E-state index in [9.17, 15) is 13.9 Å². The first-order valence-corrected chi connectivity index (χ1v) is 5.14. The maximum atomic E-state index is 12.5. The monoisotopic (exact) mass is 232 g/mol. The number of fused-ring (bicyclic) bond motifs is 1. The molecule has 0 bridgehead atoms. The molecule has 1 heterocycles. The second-order valence-corrected chi connectivity index (χ2v) is 4.16. The number of phenols is 1. The van der Waals surface area contributed by atoms with Gasteiger partial charge in [0.1, 0.15) is 5.75 Å². The number of benzene rings is 1. The normalized spacial score (nSPS) is 11.4. The van der Waals surface area contributed by atoms with Crippen molar-refractivity contribution in [2.75, 3.05) is 0 Å². The Morgan fingerprint density at radius 2 is 2.14 bits per heavy atom. The minimum Gasteiger partial charge on any atom is -0.507 e. The first-order valence-electron chi connectivity index (χ1n) is 3.81. The summed E-state index contributed by atoms with van der Waals surface area (Å²) in [5.41, 5.74) is -0.386. The molecule has 0 amide bonds. The van der Waals surface area contributed by atoms with Crippen molar-refractivity contribution in [3.63, 3.8) is 0 Å². The van der Waals surface area contributed by atoms with Gasteiger partial charge >= 0.3 is 0 Å². The molecule has 0 unspecified atom stereocenters. The molecule has 5 heteroatoms. The van der Waals surface area contributed by atoms with E-state index in [2.05, 4.69) is 12.6 Å². The summed E-state index contributed by atoms with van der Waals surface area (Å²) in [5.74, 6) is -0.393. The zero-order chi connectivity index (χ0) is 10.3. The number of alkyl halides is 2. The van der Waals surface area contributed by atoms with Crippen LogP contribution in [0, 0.1) is 0 Å². The lowest BCUT2D eigenvalue weighted by molar-refractivity contribution is 0.144. The van der Waals surface area contributed by atoms with Gasteiger partial charge < -0.3 is 5.11 Å². The van der Waals surface area contributed by atoms with Gasteiger partial charge in [-0.05, 0) is 22.9 Å². The smallest absolute Gasteiger partial charge is 0.268 e. The van der Waals surface area contributed by atoms with Crippen molar-refractivity contribution >= 4 is 34.1 Å². The summed E-state index contributed by atoms with van der Waals surface area (Å²) in [6, 6.07) is 3.10. The Hall–Kier alpha value is -0.810. The highest BCUT2D eigenvalue weighted by Crippen LogP contribution is 2.40. The molecule has 1 aromatic carbocycles. The van der Waals surface area contributed by atoms with Crippen molar-refractivity contribution in [2.45, 2.75) is 11.3 Å². The molecule has 0 aliphatic carbocycles. The Bertz CT molecular complexity index is 479. The summed E-state index contributed by atoms with van der Waals surface area (Å²) in [6.07, 6.45) is -2.70. The van der Waals surface area contributed by atoms with E-state index >= 15 is 0 Å². The topological polar surface area (TPSA) is 20.2 Å². The van der Waals surface area contributed by atoms with Crippen LogP contribution in [-0.4, -0.2) is 5.11 Å². The molecule has 1 nitrogen and oxygen atoms in total. The quantitative estimate of drug-likeness (QED) is 0.716. The molecule has 0 aliphatic rings. The maximum Gasteiger partial charge on any atom is 0.268 e. The first kappa shape index (κ1) is 9.73. The summed E-state index contributed by atoms with van der Waals surface area (Å²) in [6.45, 7) is 0. The predicted molar refractivity (Wildman–Crippen MR) is 55.7 cm³/mol. The van der Waals surface area contributed by atoms with Crippen LogP contribution in [0.25, 0.3) is 10.1 Å². The average Bonchev–Trinajstić information content (AvgIpc) is 2.50. The zero-order valence-corrected chi connectivity index (χ0v) is 8.58. The third-order valence-corrected chi connectivity index (χ3v) is 3.52. The van der Waals surface area contributed by atoms with E-state index < -0.39 is 12.2 Å². The number of aromatic hydroxyl groups is 1. The van der Waals surface area contributed by atoms with E-state index in [1.165, 1.54) is 17.4 Å². The standard InChI is InChI=1S/C9H6F2OS2/c10-9(11)6-5(12)3-4-1-2-14-8(4)7(6)13/h1-3,9,12-13H. The molecule has 1 aromatic heterocycles. The molecule has 0 saturated heterocycles. The number of hydrogen-bond acceptors (Lipinski definition) is 3. The molecule has 0 atom stereocenters. The molecular weight excluding hydrogens is 226 g/mol. The van der Waals surface area contributed by atoms with E-state index in [1.54, 1.807) is 11.4 Å².